The Morgan fingerprint density at radius 1 is 1.43 bits per heavy atom. The topological polar surface area (TPSA) is 26.3 Å². The van der Waals surface area contributed by atoms with Gasteiger partial charge in [0.05, 0.1) is 13.0 Å². The van der Waals surface area contributed by atoms with E-state index in [-0.39, 0.29) is 11.9 Å². The van der Waals surface area contributed by atoms with Crippen LogP contribution in [0.1, 0.15) is 51.9 Å². The predicted molar refractivity (Wildman–Crippen MR) is 57.0 cm³/mol. The third kappa shape index (κ3) is 3.32. The second-order valence-corrected chi connectivity index (χ2v) is 4.39. The van der Waals surface area contributed by atoms with E-state index < -0.39 is 0 Å². The van der Waals surface area contributed by atoms with Gasteiger partial charge in [0.15, 0.2) is 0 Å². The summed E-state index contributed by atoms with van der Waals surface area (Å²) < 4.78 is 4.80. The van der Waals surface area contributed by atoms with Crippen LogP contribution in [0.2, 0.25) is 0 Å². The number of hydrogen-bond donors (Lipinski definition) is 0. The summed E-state index contributed by atoms with van der Waals surface area (Å²) in [6.45, 7) is 2.22. The molecule has 2 heteroatoms. The van der Waals surface area contributed by atoms with E-state index >= 15 is 0 Å². The van der Waals surface area contributed by atoms with Crippen LogP contribution >= 0.6 is 0 Å². The Bertz CT molecular complexity index is 177. The van der Waals surface area contributed by atoms with E-state index in [1.54, 1.807) is 0 Å². The number of unbranched alkanes of at least 4 members (excludes halogenated alkanes) is 1. The maximum Gasteiger partial charge on any atom is 0.308 e. The molecule has 0 aliphatic heterocycles. The first-order chi connectivity index (χ1) is 6.77. The molecule has 0 aromatic rings. The maximum atomic E-state index is 11.4. The molecular formula is C12H22O2. The van der Waals surface area contributed by atoms with Gasteiger partial charge in [0.1, 0.15) is 0 Å². The first-order valence-corrected chi connectivity index (χ1v) is 5.85. The number of carbonyl (C=O) groups excluding carboxylic acids is 1. The van der Waals surface area contributed by atoms with Crippen molar-refractivity contribution >= 4 is 5.97 Å². The second kappa shape index (κ2) is 6.05. The molecule has 0 radical (unpaired) electrons. The molecular weight excluding hydrogens is 176 g/mol. The van der Waals surface area contributed by atoms with Crippen molar-refractivity contribution in [2.75, 3.05) is 7.11 Å². The summed E-state index contributed by atoms with van der Waals surface area (Å²) in [7, 11) is 1.50. The van der Waals surface area contributed by atoms with Gasteiger partial charge in [-0.15, -0.1) is 0 Å². The van der Waals surface area contributed by atoms with E-state index in [1.165, 1.54) is 39.2 Å². The van der Waals surface area contributed by atoms with Crippen LogP contribution in [0.3, 0.4) is 0 Å². The van der Waals surface area contributed by atoms with Gasteiger partial charge in [-0.1, -0.05) is 39.0 Å². The van der Waals surface area contributed by atoms with Crippen molar-refractivity contribution < 1.29 is 9.53 Å². The number of hydrogen-bond acceptors (Lipinski definition) is 2. The van der Waals surface area contributed by atoms with E-state index in [1.807, 2.05) is 0 Å². The SMILES string of the molecule is CCCCC1CCCC(C(=O)OC)C1. The van der Waals surface area contributed by atoms with Crippen molar-refractivity contribution in [2.45, 2.75) is 51.9 Å². The highest BCUT2D eigenvalue weighted by atomic mass is 16.5. The van der Waals surface area contributed by atoms with E-state index in [2.05, 4.69) is 6.92 Å². The minimum Gasteiger partial charge on any atom is -0.469 e. The van der Waals surface area contributed by atoms with Crippen molar-refractivity contribution in [2.24, 2.45) is 11.8 Å². The molecule has 1 rings (SSSR count). The minimum absolute atomic E-state index is 0.00574. The molecule has 0 saturated heterocycles. The fourth-order valence-corrected chi connectivity index (χ4v) is 2.43. The van der Waals surface area contributed by atoms with Gasteiger partial charge < -0.3 is 4.74 Å². The van der Waals surface area contributed by atoms with Crippen molar-refractivity contribution in [1.29, 1.82) is 0 Å². The Morgan fingerprint density at radius 2 is 2.21 bits per heavy atom. The highest BCUT2D eigenvalue weighted by Gasteiger charge is 2.27. The van der Waals surface area contributed by atoms with Crippen LogP contribution in [-0.2, 0) is 9.53 Å². The molecule has 2 nitrogen and oxygen atoms in total. The molecule has 1 aliphatic rings. The zero-order valence-electron chi connectivity index (χ0n) is 9.42. The molecule has 14 heavy (non-hydrogen) atoms. The Labute approximate surface area is 87.0 Å². The normalized spacial score (nSPS) is 27.3. The van der Waals surface area contributed by atoms with Crippen LogP contribution in [0, 0.1) is 11.8 Å². The van der Waals surface area contributed by atoms with Crippen molar-refractivity contribution in [3.05, 3.63) is 0 Å². The van der Waals surface area contributed by atoms with Gasteiger partial charge >= 0.3 is 5.97 Å². The average molecular weight is 198 g/mol. The molecule has 1 fully saturated rings. The van der Waals surface area contributed by atoms with Crippen LogP contribution in [0.25, 0.3) is 0 Å². The molecule has 0 heterocycles. The summed E-state index contributed by atoms with van der Waals surface area (Å²) >= 11 is 0. The quantitative estimate of drug-likeness (QED) is 0.649. The van der Waals surface area contributed by atoms with Gasteiger partial charge in [-0.2, -0.15) is 0 Å². The maximum absolute atomic E-state index is 11.4. The van der Waals surface area contributed by atoms with Crippen LogP contribution < -0.4 is 0 Å². The Balaban J connectivity index is 2.31. The molecule has 0 bridgehead atoms. The fraction of sp³-hybridized carbons (Fsp3) is 0.917. The number of esters is 1. The summed E-state index contributed by atoms with van der Waals surface area (Å²) in [5.41, 5.74) is 0. The van der Waals surface area contributed by atoms with Gasteiger partial charge in [0.2, 0.25) is 0 Å². The predicted octanol–water partition coefficient (Wildman–Crippen LogP) is 3.16. The van der Waals surface area contributed by atoms with Crippen LogP contribution in [0.4, 0.5) is 0 Å². The number of rotatable bonds is 4. The molecule has 0 aromatic heterocycles. The van der Waals surface area contributed by atoms with E-state index in [4.69, 9.17) is 4.74 Å². The van der Waals surface area contributed by atoms with Gasteiger partial charge in [0, 0.05) is 0 Å². The van der Waals surface area contributed by atoms with Gasteiger partial charge in [-0.25, -0.2) is 0 Å². The zero-order chi connectivity index (χ0) is 10.4. The standard InChI is InChI=1S/C12H22O2/c1-3-4-6-10-7-5-8-11(9-10)12(13)14-2/h10-11H,3-9H2,1-2H3. The summed E-state index contributed by atoms with van der Waals surface area (Å²) in [5.74, 6) is 0.967. The van der Waals surface area contributed by atoms with E-state index in [0.29, 0.717) is 0 Å². The molecule has 0 amide bonds. The number of carbonyl (C=O) groups is 1. The molecule has 2 atom stereocenters. The first kappa shape index (κ1) is 11.5. The van der Waals surface area contributed by atoms with E-state index in [0.717, 1.165) is 18.8 Å². The Hall–Kier alpha value is -0.530. The minimum atomic E-state index is 0.00574. The zero-order valence-corrected chi connectivity index (χ0v) is 9.42. The second-order valence-electron chi connectivity index (χ2n) is 4.39. The van der Waals surface area contributed by atoms with Crippen molar-refractivity contribution in [1.82, 2.24) is 0 Å². The number of ether oxygens (including phenoxy) is 1. The van der Waals surface area contributed by atoms with Crippen LogP contribution in [0.15, 0.2) is 0 Å². The lowest BCUT2D eigenvalue weighted by atomic mass is 9.79. The third-order valence-corrected chi connectivity index (χ3v) is 3.28. The van der Waals surface area contributed by atoms with Crippen LogP contribution in [0.5, 0.6) is 0 Å². The van der Waals surface area contributed by atoms with E-state index in [9.17, 15) is 4.79 Å². The molecule has 0 spiro atoms. The summed E-state index contributed by atoms with van der Waals surface area (Å²) in [4.78, 5) is 11.4. The first-order valence-electron chi connectivity index (χ1n) is 5.85. The van der Waals surface area contributed by atoms with Gasteiger partial charge in [-0.05, 0) is 18.8 Å². The molecule has 1 aliphatic carbocycles. The average Bonchev–Trinajstić information content (AvgIpc) is 2.25. The lowest BCUT2D eigenvalue weighted by Crippen LogP contribution is -2.23. The largest absolute Gasteiger partial charge is 0.469 e. The fourth-order valence-electron chi connectivity index (χ4n) is 2.43. The molecule has 0 aromatic carbocycles. The molecule has 0 N–H and O–H groups in total. The summed E-state index contributed by atoms with van der Waals surface area (Å²) in [5, 5.41) is 0. The lowest BCUT2D eigenvalue weighted by Gasteiger charge is -2.27. The van der Waals surface area contributed by atoms with Crippen molar-refractivity contribution in [3.8, 4) is 0 Å². The highest BCUT2D eigenvalue weighted by molar-refractivity contribution is 5.72. The third-order valence-electron chi connectivity index (χ3n) is 3.28. The van der Waals surface area contributed by atoms with Crippen LogP contribution in [-0.4, -0.2) is 13.1 Å². The lowest BCUT2D eigenvalue weighted by molar-refractivity contribution is -0.147. The summed E-state index contributed by atoms with van der Waals surface area (Å²) in [6, 6.07) is 0. The van der Waals surface area contributed by atoms with Crippen molar-refractivity contribution in [3.63, 3.8) is 0 Å². The summed E-state index contributed by atoms with van der Waals surface area (Å²) in [6.07, 6.45) is 8.48. The van der Waals surface area contributed by atoms with Gasteiger partial charge in [-0.3, -0.25) is 4.79 Å². The number of methoxy groups -OCH3 is 1. The molecule has 1 saturated carbocycles. The molecule has 82 valence electrons. The van der Waals surface area contributed by atoms with Gasteiger partial charge in [0.25, 0.3) is 0 Å². The smallest absolute Gasteiger partial charge is 0.308 e. The highest BCUT2D eigenvalue weighted by Crippen LogP contribution is 2.32. The Kier molecular flexibility index (Phi) is 4.99. The monoisotopic (exact) mass is 198 g/mol. The molecule has 2 unspecified atom stereocenters. The Morgan fingerprint density at radius 3 is 2.86 bits per heavy atom.